The van der Waals surface area contributed by atoms with Crippen molar-refractivity contribution in [1.29, 1.82) is 0 Å². The topological polar surface area (TPSA) is 56.9 Å². The molecule has 0 aliphatic carbocycles. The van der Waals surface area contributed by atoms with Gasteiger partial charge in [-0.2, -0.15) is 0 Å². The lowest BCUT2D eigenvalue weighted by Gasteiger charge is -2.11. The van der Waals surface area contributed by atoms with Crippen LogP contribution in [-0.2, 0) is 0 Å². The van der Waals surface area contributed by atoms with Gasteiger partial charge in [-0.1, -0.05) is 60.2 Å². The summed E-state index contributed by atoms with van der Waals surface area (Å²) >= 11 is 5.43. The summed E-state index contributed by atoms with van der Waals surface area (Å²) in [6.07, 6.45) is 0. The second kappa shape index (κ2) is 7.66. The summed E-state index contributed by atoms with van der Waals surface area (Å²) < 4.78 is 0. The van der Waals surface area contributed by atoms with Crippen LogP contribution in [0.3, 0.4) is 0 Å². The number of carbonyl (C=O) groups excluding carboxylic acids is 1. The maximum absolute atomic E-state index is 12.4. The van der Waals surface area contributed by atoms with Crippen LogP contribution in [0.4, 0.5) is 5.69 Å². The molecule has 4 nitrogen and oxygen atoms in total. The summed E-state index contributed by atoms with van der Waals surface area (Å²) in [5.41, 5.74) is 5.53. The molecule has 3 aromatic carbocycles. The highest BCUT2D eigenvalue weighted by molar-refractivity contribution is 7.80. The molecule has 4 rings (SSSR count). The zero-order valence-corrected chi connectivity index (χ0v) is 16.1. The van der Waals surface area contributed by atoms with Crippen LogP contribution < -0.4 is 10.6 Å². The van der Waals surface area contributed by atoms with Crippen molar-refractivity contribution in [2.45, 2.75) is 6.92 Å². The second-order valence-electron chi connectivity index (χ2n) is 6.56. The van der Waals surface area contributed by atoms with Crippen LogP contribution in [0, 0.1) is 6.92 Å². The summed E-state index contributed by atoms with van der Waals surface area (Å²) in [6.45, 7) is 2.05. The van der Waals surface area contributed by atoms with E-state index >= 15 is 0 Å². The largest absolute Gasteiger partial charge is 0.353 e. The molecule has 0 spiro atoms. The summed E-state index contributed by atoms with van der Waals surface area (Å²) in [5, 5.41) is 7.27. The number of aromatic amines is 1. The smallest absolute Gasteiger partial charge is 0.257 e. The molecule has 0 radical (unpaired) electrons. The standard InChI is InChI=1S/C23H19N3OS/c1-15-12-13-19-18(14-15)21(20(24-19)16-8-4-2-5-9-16)25-23(28)26-22(27)17-10-6-3-7-11-17/h2-14,24H,1H3,(H2,25,26,27,28). The van der Waals surface area contributed by atoms with Crippen LogP contribution in [0.15, 0.2) is 78.9 Å². The zero-order valence-electron chi connectivity index (χ0n) is 15.3. The minimum atomic E-state index is -0.240. The summed E-state index contributed by atoms with van der Waals surface area (Å²) in [5.74, 6) is -0.240. The Kier molecular flexibility index (Phi) is 4.91. The Balaban J connectivity index is 1.68. The highest BCUT2D eigenvalue weighted by atomic mass is 32.1. The van der Waals surface area contributed by atoms with E-state index in [2.05, 4.69) is 27.8 Å². The Bertz CT molecular complexity index is 1150. The molecular formula is C23H19N3OS. The molecule has 0 atom stereocenters. The SMILES string of the molecule is Cc1ccc2[nH]c(-c3ccccc3)c(NC(=S)NC(=O)c3ccccc3)c2c1. The van der Waals surface area contributed by atoms with Crippen LogP contribution in [0.25, 0.3) is 22.2 Å². The maximum Gasteiger partial charge on any atom is 0.257 e. The van der Waals surface area contributed by atoms with Crippen molar-refractivity contribution in [1.82, 2.24) is 10.3 Å². The Morgan fingerprint density at radius 3 is 2.32 bits per heavy atom. The fourth-order valence-electron chi connectivity index (χ4n) is 3.17. The van der Waals surface area contributed by atoms with Gasteiger partial charge in [0.25, 0.3) is 5.91 Å². The first-order chi connectivity index (χ1) is 13.6. The minimum Gasteiger partial charge on any atom is -0.353 e. The number of benzene rings is 3. The highest BCUT2D eigenvalue weighted by Gasteiger charge is 2.16. The number of nitrogens with one attached hydrogen (secondary N) is 3. The average Bonchev–Trinajstić information content (AvgIpc) is 3.07. The molecule has 28 heavy (non-hydrogen) atoms. The summed E-state index contributed by atoms with van der Waals surface area (Å²) in [7, 11) is 0. The number of fused-ring (bicyclic) bond motifs is 1. The van der Waals surface area contributed by atoms with Crippen LogP contribution in [-0.4, -0.2) is 16.0 Å². The first-order valence-electron chi connectivity index (χ1n) is 8.97. The van der Waals surface area contributed by atoms with Crippen LogP contribution in [0.2, 0.25) is 0 Å². The van der Waals surface area contributed by atoms with E-state index in [1.165, 1.54) is 0 Å². The van der Waals surface area contributed by atoms with Gasteiger partial charge in [0.2, 0.25) is 0 Å². The Morgan fingerprint density at radius 1 is 0.929 bits per heavy atom. The molecule has 0 unspecified atom stereocenters. The molecule has 5 heteroatoms. The Morgan fingerprint density at radius 2 is 1.61 bits per heavy atom. The number of amides is 1. The van der Waals surface area contributed by atoms with E-state index in [-0.39, 0.29) is 11.0 Å². The fraction of sp³-hybridized carbons (Fsp3) is 0.0435. The number of aromatic nitrogens is 1. The quantitative estimate of drug-likeness (QED) is 0.421. The molecule has 138 valence electrons. The van der Waals surface area contributed by atoms with Gasteiger partial charge in [0.1, 0.15) is 0 Å². The molecule has 0 fully saturated rings. The molecule has 1 heterocycles. The van der Waals surface area contributed by atoms with Crippen molar-refractivity contribution in [2.24, 2.45) is 0 Å². The molecule has 1 amide bonds. The molecule has 0 saturated heterocycles. The summed E-state index contributed by atoms with van der Waals surface area (Å²) in [4.78, 5) is 15.9. The molecule has 4 aromatic rings. The first kappa shape index (κ1) is 17.9. The molecule has 0 aliphatic rings. The van der Waals surface area contributed by atoms with Gasteiger partial charge in [-0.3, -0.25) is 10.1 Å². The first-order valence-corrected chi connectivity index (χ1v) is 9.38. The number of hydrogen-bond acceptors (Lipinski definition) is 2. The van der Waals surface area contributed by atoms with Crippen LogP contribution in [0.5, 0.6) is 0 Å². The van der Waals surface area contributed by atoms with Gasteiger partial charge in [0, 0.05) is 22.0 Å². The van der Waals surface area contributed by atoms with E-state index in [0.717, 1.165) is 33.4 Å². The third-order valence-electron chi connectivity index (χ3n) is 4.52. The lowest BCUT2D eigenvalue weighted by atomic mass is 10.1. The van der Waals surface area contributed by atoms with E-state index < -0.39 is 0 Å². The van der Waals surface area contributed by atoms with Gasteiger partial charge in [-0.05, 0) is 43.4 Å². The predicted octanol–water partition coefficient (Wildman–Crippen LogP) is 5.27. The van der Waals surface area contributed by atoms with Gasteiger partial charge < -0.3 is 10.3 Å². The number of carbonyl (C=O) groups is 1. The van der Waals surface area contributed by atoms with Gasteiger partial charge in [-0.25, -0.2) is 0 Å². The lowest BCUT2D eigenvalue weighted by Crippen LogP contribution is -2.34. The molecule has 1 aromatic heterocycles. The third-order valence-corrected chi connectivity index (χ3v) is 4.72. The molecule has 3 N–H and O–H groups in total. The number of aryl methyl sites for hydroxylation is 1. The number of H-pyrrole nitrogens is 1. The van der Waals surface area contributed by atoms with E-state index in [4.69, 9.17) is 12.2 Å². The molecular weight excluding hydrogens is 366 g/mol. The maximum atomic E-state index is 12.4. The number of anilines is 1. The van der Waals surface area contributed by atoms with E-state index in [9.17, 15) is 4.79 Å². The highest BCUT2D eigenvalue weighted by Crippen LogP contribution is 2.35. The van der Waals surface area contributed by atoms with Crippen LogP contribution in [0.1, 0.15) is 15.9 Å². The monoisotopic (exact) mass is 385 g/mol. The lowest BCUT2D eigenvalue weighted by molar-refractivity contribution is 0.0977. The van der Waals surface area contributed by atoms with E-state index in [1.807, 2.05) is 61.5 Å². The van der Waals surface area contributed by atoms with Crippen molar-refractivity contribution in [3.05, 3.63) is 90.0 Å². The van der Waals surface area contributed by atoms with Crippen molar-refractivity contribution < 1.29 is 4.79 Å². The van der Waals surface area contributed by atoms with Gasteiger partial charge in [-0.15, -0.1) is 0 Å². The predicted molar refractivity (Wildman–Crippen MR) is 119 cm³/mol. The third kappa shape index (κ3) is 3.66. The molecule has 0 bridgehead atoms. The molecule has 0 saturated carbocycles. The van der Waals surface area contributed by atoms with Crippen molar-refractivity contribution >= 4 is 39.8 Å². The van der Waals surface area contributed by atoms with Crippen molar-refractivity contribution in [3.8, 4) is 11.3 Å². The number of thiocarbonyl (C=S) groups is 1. The van der Waals surface area contributed by atoms with Gasteiger partial charge in [0.05, 0.1) is 11.4 Å². The van der Waals surface area contributed by atoms with Crippen molar-refractivity contribution in [2.75, 3.05) is 5.32 Å². The van der Waals surface area contributed by atoms with Crippen LogP contribution >= 0.6 is 12.2 Å². The minimum absolute atomic E-state index is 0.240. The second-order valence-corrected chi connectivity index (χ2v) is 6.97. The van der Waals surface area contributed by atoms with Crippen molar-refractivity contribution in [3.63, 3.8) is 0 Å². The average molecular weight is 385 g/mol. The number of rotatable bonds is 3. The zero-order chi connectivity index (χ0) is 19.5. The molecule has 0 aliphatic heterocycles. The van der Waals surface area contributed by atoms with Gasteiger partial charge >= 0.3 is 0 Å². The van der Waals surface area contributed by atoms with E-state index in [1.54, 1.807) is 12.1 Å². The Hall–Kier alpha value is -3.44. The normalized spacial score (nSPS) is 10.6. The van der Waals surface area contributed by atoms with Gasteiger partial charge in [0.15, 0.2) is 5.11 Å². The summed E-state index contributed by atoms with van der Waals surface area (Å²) in [6, 6.07) is 25.3. The number of hydrogen-bond donors (Lipinski definition) is 3. The fourth-order valence-corrected chi connectivity index (χ4v) is 3.36. The Labute approximate surface area is 168 Å². The van der Waals surface area contributed by atoms with E-state index in [0.29, 0.717) is 5.56 Å².